The van der Waals surface area contributed by atoms with Gasteiger partial charge in [0.2, 0.25) is 10.0 Å². The van der Waals surface area contributed by atoms with Gasteiger partial charge in [-0.3, -0.25) is 4.79 Å². The van der Waals surface area contributed by atoms with Crippen LogP contribution in [-0.4, -0.2) is 44.7 Å². The lowest BCUT2D eigenvalue weighted by atomic mass is 10.2. The first-order valence-electron chi connectivity index (χ1n) is 8.02. The number of carboxylic acid groups (broad SMARTS) is 1. The summed E-state index contributed by atoms with van der Waals surface area (Å²) in [6, 6.07) is 11.6. The zero-order valence-electron chi connectivity index (χ0n) is 14.9. The van der Waals surface area contributed by atoms with Gasteiger partial charge >= 0.3 is 5.97 Å². The molecule has 0 spiro atoms. The number of carboxylic acids is 1. The fourth-order valence-electron chi connectivity index (χ4n) is 2.24. The molecule has 9 heteroatoms. The van der Waals surface area contributed by atoms with Crippen molar-refractivity contribution in [3.8, 4) is 17.2 Å². The minimum Gasteiger partial charge on any atom is -0.493 e. The molecule has 146 valence electrons. The third-order valence-electron chi connectivity index (χ3n) is 3.64. The highest BCUT2D eigenvalue weighted by Crippen LogP contribution is 2.31. The Labute approximate surface area is 162 Å². The van der Waals surface area contributed by atoms with Crippen LogP contribution in [0, 0.1) is 0 Å². The van der Waals surface area contributed by atoms with Gasteiger partial charge in [0.25, 0.3) is 0 Å². The molecule has 0 fully saturated rings. The van der Waals surface area contributed by atoms with E-state index in [0.29, 0.717) is 23.0 Å². The highest BCUT2D eigenvalue weighted by Gasteiger charge is 2.25. The molecule has 7 nitrogen and oxygen atoms in total. The fraction of sp³-hybridized carbons (Fsp3) is 0.278. The van der Waals surface area contributed by atoms with Crippen LogP contribution in [0.1, 0.15) is 6.42 Å². The molecule has 0 aliphatic rings. The number of hydrogen-bond donors (Lipinski definition) is 2. The molecule has 0 aliphatic carbocycles. The van der Waals surface area contributed by atoms with Gasteiger partial charge in [-0.15, -0.1) is 0 Å². The molecule has 0 amide bonds. The van der Waals surface area contributed by atoms with E-state index >= 15 is 0 Å². The Bertz CT molecular complexity index is 868. The van der Waals surface area contributed by atoms with E-state index in [4.69, 9.17) is 9.47 Å². The third kappa shape index (κ3) is 5.88. The van der Waals surface area contributed by atoms with Crippen molar-refractivity contribution in [2.75, 3.05) is 19.1 Å². The van der Waals surface area contributed by atoms with E-state index in [1.54, 1.807) is 18.2 Å². The number of nitrogens with one attached hydrogen (secondary N) is 1. The topological polar surface area (TPSA) is 102 Å². The van der Waals surface area contributed by atoms with E-state index in [1.807, 2.05) is 12.3 Å². The molecule has 0 bridgehead atoms. The monoisotopic (exact) mass is 411 g/mol. The number of carbonyl (C=O) groups is 1. The molecule has 0 aromatic heterocycles. The molecule has 0 aliphatic heterocycles. The van der Waals surface area contributed by atoms with Gasteiger partial charge in [0.05, 0.1) is 12.0 Å². The molecule has 2 aromatic rings. The maximum atomic E-state index is 12.4. The lowest BCUT2D eigenvalue weighted by Crippen LogP contribution is -2.41. The number of benzene rings is 2. The van der Waals surface area contributed by atoms with Crippen molar-refractivity contribution in [1.29, 1.82) is 0 Å². The van der Waals surface area contributed by atoms with Crippen molar-refractivity contribution in [2.24, 2.45) is 0 Å². The minimum atomic E-state index is -3.96. The number of ether oxygens (including phenoxy) is 2. The van der Waals surface area contributed by atoms with E-state index in [2.05, 4.69) is 4.72 Å². The Kier molecular flexibility index (Phi) is 7.52. The molecule has 0 saturated heterocycles. The minimum absolute atomic E-state index is 0.0368. The van der Waals surface area contributed by atoms with Crippen LogP contribution >= 0.6 is 11.8 Å². The van der Waals surface area contributed by atoms with E-state index in [0.717, 1.165) is 0 Å². The summed E-state index contributed by atoms with van der Waals surface area (Å²) >= 11 is 1.45. The average molecular weight is 412 g/mol. The van der Waals surface area contributed by atoms with Crippen molar-refractivity contribution < 1.29 is 27.8 Å². The Morgan fingerprint density at radius 3 is 2.33 bits per heavy atom. The van der Waals surface area contributed by atoms with Crippen molar-refractivity contribution >= 4 is 27.8 Å². The largest absolute Gasteiger partial charge is 0.493 e. The zero-order valence-corrected chi connectivity index (χ0v) is 16.5. The number of hydrogen-bond acceptors (Lipinski definition) is 6. The Morgan fingerprint density at radius 1 is 1.15 bits per heavy atom. The highest BCUT2D eigenvalue weighted by atomic mass is 32.2. The van der Waals surface area contributed by atoms with Crippen molar-refractivity contribution in [3.05, 3.63) is 48.5 Å². The number of sulfonamides is 1. The zero-order chi connectivity index (χ0) is 19.9. The SMILES string of the molecule is COc1ccccc1Oc1ccc(S(=O)(=O)NC(CCSC)C(=O)O)cc1. The standard InChI is InChI=1S/C18H21NO6S2/c1-24-16-5-3-4-6-17(16)25-13-7-9-14(10-8-13)27(22,23)19-15(18(20)21)11-12-26-2/h3-10,15,19H,11-12H2,1-2H3,(H,20,21). The second-order valence-electron chi connectivity index (χ2n) is 5.52. The van der Waals surface area contributed by atoms with Crippen LogP contribution in [0.4, 0.5) is 0 Å². The quantitative estimate of drug-likeness (QED) is 0.620. The van der Waals surface area contributed by atoms with E-state index in [-0.39, 0.29) is 11.3 Å². The van der Waals surface area contributed by atoms with Crippen LogP contribution in [0.25, 0.3) is 0 Å². The summed E-state index contributed by atoms with van der Waals surface area (Å²) in [7, 11) is -2.43. The lowest BCUT2D eigenvalue weighted by molar-refractivity contribution is -0.139. The Morgan fingerprint density at radius 2 is 1.78 bits per heavy atom. The molecule has 0 saturated carbocycles. The van der Waals surface area contributed by atoms with Gasteiger partial charge < -0.3 is 14.6 Å². The van der Waals surface area contributed by atoms with Crippen LogP contribution in [0.2, 0.25) is 0 Å². The van der Waals surface area contributed by atoms with Crippen molar-refractivity contribution in [1.82, 2.24) is 4.72 Å². The van der Waals surface area contributed by atoms with Crippen molar-refractivity contribution in [2.45, 2.75) is 17.4 Å². The van der Waals surface area contributed by atoms with Gasteiger partial charge in [-0.05, 0) is 54.8 Å². The second-order valence-corrected chi connectivity index (χ2v) is 8.22. The number of para-hydroxylation sites is 2. The van der Waals surface area contributed by atoms with Crippen LogP contribution in [0.5, 0.6) is 17.2 Å². The Hall–Kier alpha value is -2.23. The summed E-state index contributed by atoms with van der Waals surface area (Å²) < 4.78 is 38.0. The van der Waals surface area contributed by atoms with Crippen LogP contribution in [0.3, 0.4) is 0 Å². The molecule has 1 unspecified atom stereocenters. The molecular formula is C18H21NO6S2. The second kappa shape index (κ2) is 9.63. The number of thioether (sulfide) groups is 1. The number of rotatable bonds is 10. The molecule has 27 heavy (non-hydrogen) atoms. The van der Waals surface area contributed by atoms with Gasteiger partial charge in [-0.1, -0.05) is 12.1 Å². The summed E-state index contributed by atoms with van der Waals surface area (Å²) in [5.74, 6) is 0.801. The molecule has 2 N–H and O–H groups in total. The predicted octanol–water partition coefficient (Wildman–Crippen LogP) is 2.97. The maximum absolute atomic E-state index is 12.4. The third-order valence-corrected chi connectivity index (χ3v) is 5.77. The number of aliphatic carboxylic acids is 1. The first-order valence-corrected chi connectivity index (χ1v) is 10.9. The summed E-state index contributed by atoms with van der Waals surface area (Å²) in [4.78, 5) is 11.2. The number of methoxy groups -OCH3 is 1. The molecular weight excluding hydrogens is 390 g/mol. The Balaban J connectivity index is 2.14. The van der Waals surface area contributed by atoms with Crippen LogP contribution < -0.4 is 14.2 Å². The molecule has 1 atom stereocenters. The highest BCUT2D eigenvalue weighted by molar-refractivity contribution is 7.98. The van der Waals surface area contributed by atoms with Gasteiger partial charge in [-0.25, -0.2) is 8.42 Å². The van der Waals surface area contributed by atoms with Crippen LogP contribution in [-0.2, 0) is 14.8 Å². The van der Waals surface area contributed by atoms with Gasteiger partial charge in [0.15, 0.2) is 11.5 Å². The average Bonchev–Trinajstić information content (AvgIpc) is 2.65. The predicted molar refractivity (Wildman–Crippen MR) is 104 cm³/mol. The van der Waals surface area contributed by atoms with Gasteiger partial charge in [0.1, 0.15) is 11.8 Å². The summed E-state index contributed by atoms with van der Waals surface area (Å²) in [6.07, 6.45) is 2.03. The van der Waals surface area contributed by atoms with Gasteiger partial charge in [-0.2, -0.15) is 16.5 Å². The van der Waals surface area contributed by atoms with E-state index in [9.17, 15) is 18.3 Å². The molecule has 0 heterocycles. The lowest BCUT2D eigenvalue weighted by Gasteiger charge is -2.15. The smallest absolute Gasteiger partial charge is 0.321 e. The van der Waals surface area contributed by atoms with Crippen LogP contribution in [0.15, 0.2) is 53.4 Å². The summed E-state index contributed by atoms with van der Waals surface area (Å²) in [5.41, 5.74) is 0. The molecule has 2 rings (SSSR count). The first kappa shape index (κ1) is 21.1. The normalized spacial score (nSPS) is 12.4. The first-order chi connectivity index (χ1) is 12.9. The summed E-state index contributed by atoms with van der Waals surface area (Å²) in [6.45, 7) is 0. The van der Waals surface area contributed by atoms with E-state index in [1.165, 1.54) is 43.1 Å². The molecule has 0 radical (unpaired) electrons. The summed E-state index contributed by atoms with van der Waals surface area (Å²) in [5, 5.41) is 9.20. The fourth-order valence-corrected chi connectivity index (χ4v) is 3.94. The van der Waals surface area contributed by atoms with Crippen molar-refractivity contribution in [3.63, 3.8) is 0 Å². The van der Waals surface area contributed by atoms with Gasteiger partial charge in [0, 0.05) is 0 Å². The van der Waals surface area contributed by atoms with E-state index < -0.39 is 22.0 Å². The molecule has 2 aromatic carbocycles. The maximum Gasteiger partial charge on any atom is 0.321 e.